The monoisotopic (exact) mass is 224 g/mol. The van der Waals surface area contributed by atoms with E-state index in [1.807, 2.05) is 18.7 Å². The number of carboxylic acid groups (broad SMARTS) is 1. The molecule has 1 aliphatic rings. The highest BCUT2D eigenvalue weighted by Gasteiger charge is 2.17. The maximum Gasteiger partial charge on any atom is 0.303 e. The van der Waals surface area contributed by atoms with Crippen molar-refractivity contribution >= 4 is 17.7 Å². The predicted molar refractivity (Wildman–Crippen MR) is 57.7 cm³/mol. The highest BCUT2D eigenvalue weighted by Crippen LogP contribution is 2.29. The van der Waals surface area contributed by atoms with Gasteiger partial charge in [-0.25, -0.2) is 9.97 Å². The molecule has 0 saturated heterocycles. The van der Waals surface area contributed by atoms with Crippen molar-refractivity contribution < 1.29 is 9.90 Å². The summed E-state index contributed by atoms with van der Waals surface area (Å²) in [7, 11) is 0. The molecule has 80 valence electrons. The van der Waals surface area contributed by atoms with Crippen molar-refractivity contribution in [3.8, 4) is 0 Å². The number of carboxylic acids is 1. The van der Waals surface area contributed by atoms with Crippen LogP contribution in [0.3, 0.4) is 0 Å². The van der Waals surface area contributed by atoms with E-state index in [1.54, 1.807) is 0 Å². The highest BCUT2D eigenvalue weighted by atomic mass is 32.2. The number of aryl methyl sites for hydroxylation is 2. The third-order valence-electron chi connectivity index (χ3n) is 2.39. The Labute approximate surface area is 92.1 Å². The Bertz CT molecular complexity index is 407. The zero-order valence-corrected chi connectivity index (χ0v) is 9.30. The second-order valence-electron chi connectivity index (χ2n) is 3.54. The molecule has 0 bridgehead atoms. The lowest BCUT2D eigenvalue weighted by Gasteiger charge is -2.04. The summed E-state index contributed by atoms with van der Waals surface area (Å²) in [6.07, 6.45) is 0.527. The van der Waals surface area contributed by atoms with E-state index in [1.165, 1.54) is 5.56 Å². The van der Waals surface area contributed by atoms with E-state index in [0.29, 0.717) is 12.2 Å². The van der Waals surface area contributed by atoms with Gasteiger partial charge >= 0.3 is 5.97 Å². The topological polar surface area (TPSA) is 63.1 Å². The Morgan fingerprint density at radius 2 is 2.27 bits per heavy atom. The van der Waals surface area contributed by atoms with Crippen LogP contribution in [0.4, 0.5) is 0 Å². The van der Waals surface area contributed by atoms with Crippen LogP contribution < -0.4 is 0 Å². The summed E-state index contributed by atoms with van der Waals surface area (Å²) < 4.78 is 0. The lowest BCUT2D eigenvalue weighted by Crippen LogP contribution is -2.06. The van der Waals surface area contributed by atoms with Gasteiger partial charge in [0, 0.05) is 29.2 Å². The molecular weight excluding hydrogens is 212 g/mol. The van der Waals surface area contributed by atoms with Crippen LogP contribution >= 0.6 is 11.8 Å². The molecule has 0 amide bonds. The second kappa shape index (κ2) is 4.18. The number of carbonyl (C=O) groups is 1. The van der Waals surface area contributed by atoms with Gasteiger partial charge in [0.25, 0.3) is 0 Å². The smallest absolute Gasteiger partial charge is 0.303 e. The number of rotatable bonds is 3. The van der Waals surface area contributed by atoms with Gasteiger partial charge in [-0.05, 0) is 6.92 Å². The van der Waals surface area contributed by atoms with Gasteiger partial charge in [0.05, 0.1) is 12.1 Å². The molecular formula is C10H12N2O2S. The fourth-order valence-corrected chi connectivity index (χ4v) is 2.72. The van der Waals surface area contributed by atoms with Crippen molar-refractivity contribution in [2.45, 2.75) is 31.3 Å². The molecule has 0 aromatic carbocycles. The largest absolute Gasteiger partial charge is 0.481 e. The van der Waals surface area contributed by atoms with Gasteiger partial charge in [0.2, 0.25) is 0 Å². The normalized spacial score (nSPS) is 13.9. The van der Waals surface area contributed by atoms with Gasteiger partial charge in [0.15, 0.2) is 0 Å². The summed E-state index contributed by atoms with van der Waals surface area (Å²) in [6, 6.07) is 0. The van der Waals surface area contributed by atoms with Gasteiger partial charge in [0.1, 0.15) is 5.82 Å². The Hall–Kier alpha value is -1.10. The summed E-state index contributed by atoms with van der Waals surface area (Å²) in [5.74, 6) is 1.78. The molecule has 0 atom stereocenters. The lowest BCUT2D eigenvalue weighted by molar-refractivity contribution is -0.137. The molecule has 0 aliphatic carbocycles. The molecule has 1 aliphatic heterocycles. The van der Waals surface area contributed by atoms with Gasteiger partial charge in [-0.3, -0.25) is 4.79 Å². The van der Waals surface area contributed by atoms with Crippen LogP contribution in [0.1, 0.15) is 29.2 Å². The molecule has 5 heteroatoms. The van der Waals surface area contributed by atoms with Crippen LogP contribution in [-0.2, 0) is 22.7 Å². The first kappa shape index (κ1) is 10.4. The van der Waals surface area contributed by atoms with E-state index < -0.39 is 5.97 Å². The molecule has 1 aromatic rings. The number of fused-ring (bicyclic) bond motifs is 1. The van der Waals surface area contributed by atoms with Gasteiger partial charge < -0.3 is 5.11 Å². The van der Waals surface area contributed by atoms with Gasteiger partial charge in [-0.15, -0.1) is 0 Å². The van der Waals surface area contributed by atoms with E-state index in [0.717, 1.165) is 22.9 Å². The van der Waals surface area contributed by atoms with Crippen molar-refractivity contribution in [2.75, 3.05) is 0 Å². The first-order chi connectivity index (χ1) is 7.16. The maximum atomic E-state index is 10.4. The lowest BCUT2D eigenvalue weighted by atomic mass is 10.2. The summed E-state index contributed by atoms with van der Waals surface area (Å²) in [5.41, 5.74) is 3.33. The van der Waals surface area contributed by atoms with Crippen molar-refractivity contribution in [3.63, 3.8) is 0 Å². The third-order valence-corrected chi connectivity index (χ3v) is 3.36. The Balaban J connectivity index is 2.20. The van der Waals surface area contributed by atoms with E-state index >= 15 is 0 Å². The molecule has 15 heavy (non-hydrogen) atoms. The summed E-state index contributed by atoms with van der Waals surface area (Å²) >= 11 is 1.83. The van der Waals surface area contributed by atoms with Crippen LogP contribution in [0.25, 0.3) is 0 Å². The molecule has 1 aromatic heterocycles. The highest BCUT2D eigenvalue weighted by molar-refractivity contribution is 7.98. The summed E-state index contributed by atoms with van der Waals surface area (Å²) in [4.78, 5) is 19.2. The average Bonchev–Trinajstić information content (AvgIpc) is 2.63. The van der Waals surface area contributed by atoms with Gasteiger partial charge in [-0.2, -0.15) is 11.8 Å². The minimum absolute atomic E-state index is 0.103. The number of aliphatic carboxylic acids is 1. The van der Waals surface area contributed by atoms with Crippen LogP contribution in [-0.4, -0.2) is 21.0 Å². The molecule has 4 nitrogen and oxygen atoms in total. The van der Waals surface area contributed by atoms with Gasteiger partial charge in [-0.1, -0.05) is 0 Å². The Morgan fingerprint density at radius 1 is 1.47 bits per heavy atom. The van der Waals surface area contributed by atoms with E-state index in [-0.39, 0.29) is 6.42 Å². The fraction of sp³-hybridized carbons (Fsp3) is 0.500. The molecule has 0 unspecified atom stereocenters. The maximum absolute atomic E-state index is 10.4. The Kier molecular flexibility index (Phi) is 2.90. The first-order valence-corrected chi connectivity index (χ1v) is 5.97. The average molecular weight is 224 g/mol. The SMILES string of the molecule is Cc1nc(CCC(=O)O)nc2c1CSC2. The Morgan fingerprint density at radius 3 is 3.00 bits per heavy atom. The molecule has 1 N–H and O–H groups in total. The standard InChI is InChI=1S/C10H12N2O2S/c1-6-7-4-15-5-8(7)12-9(11-6)2-3-10(13)14/h2-5H2,1H3,(H,13,14). The predicted octanol–water partition coefficient (Wildman–Crippen LogP) is 1.55. The second-order valence-corrected chi connectivity index (χ2v) is 4.52. The fourth-order valence-electron chi connectivity index (χ4n) is 1.61. The van der Waals surface area contributed by atoms with Crippen molar-refractivity contribution in [1.82, 2.24) is 9.97 Å². The molecule has 0 spiro atoms. The minimum atomic E-state index is -0.800. The quantitative estimate of drug-likeness (QED) is 0.844. The number of nitrogens with zero attached hydrogens (tertiary/aromatic N) is 2. The summed E-state index contributed by atoms with van der Waals surface area (Å²) in [5, 5.41) is 8.58. The van der Waals surface area contributed by atoms with Crippen LogP contribution in [0.5, 0.6) is 0 Å². The minimum Gasteiger partial charge on any atom is -0.481 e. The number of hydrogen-bond donors (Lipinski definition) is 1. The van der Waals surface area contributed by atoms with Crippen molar-refractivity contribution in [1.29, 1.82) is 0 Å². The zero-order valence-electron chi connectivity index (χ0n) is 8.49. The van der Waals surface area contributed by atoms with E-state index in [9.17, 15) is 4.79 Å². The first-order valence-electron chi connectivity index (χ1n) is 4.81. The van der Waals surface area contributed by atoms with Crippen LogP contribution in [0, 0.1) is 6.92 Å². The van der Waals surface area contributed by atoms with Crippen LogP contribution in [0.15, 0.2) is 0 Å². The zero-order chi connectivity index (χ0) is 10.8. The number of thioether (sulfide) groups is 1. The van der Waals surface area contributed by atoms with E-state index in [4.69, 9.17) is 5.11 Å². The molecule has 0 fully saturated rings. The summed E-state index contributed by atoms with van der Waals surface area (Å²) in [6.45, 7) is 1.97. The van der Waals surface area contributed by atoms with Crippen molar-refractivity contribution in [2.24, 2.45) is 0 Å². The molecule has 2 rings (SSSR count). The van der Waals surface area contributed by atoms with E-state index in [2.05, 4.69) is 9.97 Å². The van der Waals surface area contributed by atoms with Crippen LogP contribution in [0.2, 0.25) is 0 Å². The van der Waals surface area contributed by atoms with Crippen molar-refractivity contribution in [3.05, 3.63) is 22.8 Å². The third kappa shape index (κ3) is 2.28. The number of hydrogen-bond acceptors (Lipinski definition) is 4. The molecule has 0 radical (unpaired) electrons. The molecule has 2 heterocycles. The number of aromatic nitrogens is 2. The molecule has 0 saturated carbocycles.